The topological polar surface area (TPSA) is 91.2 Å². The van der Waals surface area contributed by atoms with Crippen LogP contribution in [0.1, 0.15) is 6.92 Å². The van der Waals surface area contributed by atoms with Crippen LogP contribution < -0.4 is 14.8 Å². The van der Waals surface area contributed by atoms with Crippen LogP contribution in [0.4, 0.5) is 0 Å². The fourth-order valence-corrected chi connectivity index (χ4v) is 2.64. The number of hydrogen-bond acceptors (Lipinski definition) is 7. The highest BCUT2D eigenvalue weighted by Crippen LogP contribution is 2.30. The Hall–Kier alpha value is -2.29. The lowest BCUT2D eigenvalue weighted by Crippen LogP contribution is -2.27. The van der Waals surface area contributed by atoms with Gasteiger partial charge in [-0.1, -0.05) is 11.8 Å². The molecule has 118 valence electrons. The number of ether oxygens (including phenoxy) is 2. The second kappa shape index (κ2) is 7.12. The monoisotopic (exact) mass is 323 g/mol. The van der Waals surface area contributed by atoms with E-state index in [-0.39, 0.29) is 11.2 Å². The van der Waals surface area contributed by atoms with Gasteiger partial charge in [0.25, 0.3) is 0 Å². The normalized spacial score (nSPS) is 11.8. The lowest BCUT2D eigenvalue weighted by Gasteiger charge is -2.12. The van der Waals surface area contributed by atoms with Gasteiger partial charge in [-0.25, -0.2) is 0 Å². The number of hydrogen-bond donors (Lipinski definition) is 1. The number of carbonyl (C=O) groups is 1. The molecular weight excluding hydrogens is 306 g/mol. The molecule has 0 fully saturated rings. The quantitative estimate of drug-likeness (QED) is 0.790. The van der Waals surface area contributed by atoms with Crippen molar-refractivity contribution in [3.63, 3.8) is 0 Å². The highest BCUT2D eigenvalue weighted by molar-refractivity contribution is 8.00. The molecule has 0 saturated carbocycles. The number of rotatable bonds is 6. The van der Waals surface area contributed by atoms with Crippen molar-refractivity contribution in [1.29, 1.82) is 0 Å². The largest absolute Gasteiger partial charge is 0.497 e. The lowest BCUT2D eigenvalue weighted by atomic mass is 10.3. The number of methoxy groups -OCH3 is 2. The van der Waals surface area contributed by atoms with Crippen LogP contribution in [0.5, 0.6) is 11.5 Å². The Morgan fingerprint density at radius 2 is 2.14 bits per heavy atom. The summed E-state index contributed by atoms with van der Waals surface area (Å²) in [6, 6.07) is 5.32. The molecule has 1 N–H and O–H groups in total. The zero-order valence-corrected chi connectivity index (χ0v) is 13.5. The minimum Gasteiger partial charge on any atom is -0.497 e. The molecule has 0 unspecified atom stereocenters. The van der Waals surface area contributed by atoms with Gasteiger partial charge < -0.3 is 14.8 Å². The van der Waals surface area contributed by atoms with Crippen molar-refractivity contribution in [2.45, 2.75) is 17.3 Å². The molecule has 22 heavy (non-hydrogen) atoms. The Morgan fingerprint density at radius 1 is 1.36 bits per heavy atom. The summed E-state index contributed by atoms with van der Waals surface area (Å²) >= 11 is 1.26. The van der Waals surface area contributed by atoms with E-state index < -0.39 is 0 Å². The molecule has 0 spiro atoms. The molecule has 8 nitrogen and oxygen atoms in total. The van der Waals surface area contributed by atoms with E-state index >= 15 is 0 Å². The third-order valence-corrected chi connectivity index (χ3v) is 3.99. The van der Waals surface area contributed by atoms with Gasteiger partial charge >= 0.3 is 0 Å². The molecule has 1 aromatic carbocycles. The lowest BCUT2D eigenvalue weighted by molar-refractivity contribution is -0.119. The van der Waals surface area contributed by atoms with Crippen molar-refractivity contribution in [3.8, 4) is 17.2 Å². The van der Waals surface area contributed by atoms with E-state index in [1.165, 1.54) is 16.4 Å². The zero-order valence-electron chi connectivity index (χ0n) is 12.7. The Kier molecular flexibility index (Phi) is 5.21. The molecule has 1 amide bonds. The maximum Gasteiger partial charge on any atom is 0.233 e. The number of benzene rings is 1. The molecule has 0 bridgehead atoms. The number of nitrogens with zero attached hydrogens (tertiary/aromatic N) is 4. The van der Waals surface area contributed by atoms with Crippen LogP contribution in [0.15, 0.2) is 23.4 Å². The number of tetrazole rings is 1. The molecule has 9 heteroatoms. The Labute approximate surface area is 132 Å². The van der Waals surface area contributed by atoms with Crippen molar-refractivity contribution >= 4 is 17.7 Å². The summed E-state index contributed by atoms with van der Waals surface area (Å²) in [7, 11) is 4.73. The van der Waals surface area contributed by atoms with Crippen molar-refractivity contribution in [2.75, 3.05) is 21.3 Å². The minimum absolute atomic E-state index is 0.0999. The van der Waals surface area contributed by atoms with E-state index in [2.05, 4.69) is 20.8 Å². The van der Waals surface area contributed by atoms with E-state index in [4.69, 9.17) is 9.47 Å². The summed E-state index contributed by atoms with van der Waals surface area (Å²) in [6.45, 7) is 1.78. The second-order valence-electron chi connectivity index (χ2n) is 4.29. The fourth-order valence-electron chi connectivity index (χ4n) is 1.78. The molecule has 2 aromatic rings. The van der Waals surface area contributed by atoms with E-state index in [1.54, 1.807) is 46.4 Å². The third kappa shape index (κ3) is 3.30. The molecule has 2 rings (SSSR count). The van der Waals surface area contributed by atoms with Crippen LogP contribution >= 0.6 is 11.8 Å². The first-order valence-corrected chi connectivity index (χ1v) is 7.37. The van der Waals surface area contributed by atoms with E-state index in [0.29, 0.717) is 22.3 Å². The summed E-state index contributed by atoms with van der Waals surface area (Å²) in [5.74, 6) is 1.15. The Bertz CT molecular complexity index is 661. The average Bonchev–Trinajstić information content (AvgIpc) is 3.01. The molecule has 1 atom stereocenters. The van der Waals surface area contributed by atoms with E-state index in [1.807, 2.05) is 0 Å². The van der Waals surface area contributed by atoms with Crippen LogP contribution in [0.2, 0.25) is 0 Å². The summed E-state index contributed by atoms with van der Waals surface area (Å²) in [5, 5.41) is 14.4. The SMILES string of the molecule is CNC(=O)[C@@H](C)Sc1nnnn1-c1cc(OC)ccc1OC. The predicted molar refractivity (Wildman–Crippen MR) is 81.6 cm³/mol. The summed E-state index contributed by atoms with van der Waals surface area (Å²) < 4.78 is 12.1. The van der Waals surface area contributed by atoms with Crippen molar-refractivity contribution < 1.29 is 14.3 Å². The smallest absolute Gasteiger partial charge is 0.233 e. The molecule has 0 aliphatic rings. The molecule has 0 saturated heterocycles. The molecular formula is C13H17N5O3S. The maximum absolute atomic E-state index is 11.7. The van der Waals surface area contributed by atoms with Gasteiger partial charge in [-0.3, -0.25) is 4.79 Å². The second-order valence-corrected chi connectivity index (χ2v) is 5.59. The highest BCUT2D eigenvalue weighted by Gasteiger charge is 2.20. The van der Waals surface area contributed by atoms with Gasteiger partial charge in [0.1, 0.15) is 17.2 Å². The average molecular weight is 323 g/mol. The van der Waals surface area contributed by atoms with Gasteiger partial charge in [-0.05, 0) is 29.5 Å². The summed E-state index contributed by atoms with van der Waals surface area (Å²) in [5.41, 5.74) is 0.637. The van der Waals surface area contributed by atoms with Gasteiger partial charge in [0.2, 0.25) is 11.1 Å². The van der Waals surface area contributed by atoms with Crippen LogP contribution in [0.25, 0.3) is 5.69 Å². The number of carbonyl (C=O) groups excluding carboxylic acids is 1. The van der Waals surface area contributed by atoms with E-state index in [9.17, 15) is 4.79 Å². The standard InChI is InChI=1S/C13H17N5O3S/c1-8(12(19)14-2)22-13-15-16-17-18(13)10-7-9(20-3)5-6-11(10)21-4/h5-8H,1-4H3,(H,14,19)/t8-/m1/s1. The third-order valence-electron chi connectivity index (χ3n) is 2.95. The van der Waals surface area contributed by atoms with Gasteiger partial charge in [0.05, 0.1) is 19.5 Å². The molecule has 0 aliphatic carbocycles. The molecule has 1 aromatic heterocycles. The molecule has 0 aliphatic heterocycles. The zero-order chi connectivity index (χ0) is 16.1. The van der Waals surface area contributed by atoms with Crippen LogP contribution in [-0.4, -0.2) is 52.6 Å². The number of thioether (sulfide) groups is 1. The first kappa shape index (κ1) is 16.1. The predicted octanol–water partition coefficient (Wildman–Crippen LogP) is 0.906. The number of nitrogens with one attached hydrogen (secondary N) is 1. The maximum atomic E-state index is 11.7. The van der Waals surface area contributed by atoms with Gasteiger partial charge in [0, 0.05) is 13.1 Å². The molecule has 1 heterocycles. The van der Waals surface area contributed by atoms with Crippen molar-refractivity contribution in [1.82, 2.24) is 25.5 Å². The van der Waals surface area contributed by atoms with E-state index in [0.717, 1.165) is 0 Å². The summed E-state index contributed by atoms with van der Waals surface area (Å²) in [4.78, 5) is 11.7. The minimum atomic E-state index is -0.327. The Morgan fingerprint density at radius 3 is 2.77 bits per heavy atom. The fraction of sp³-hybridized carbons (Fsp3) is 0.385. The van der Waals surface area contributed by atoms with Crippen LogP contribution in [0, 0.1) is 0 Å². The first-order valence-electron chi connectivity index (χ1n) is 6.49. The van der Waals surface area contributed by atoms with Gasteiger partial charge in [0.15, 0.2) is 0 Å². The van der Waals surface area contributed by atoms with Crippen LogP contribution in [-0.2, 0) is 4.79 Å². The number of aromatic nitrogens is 4. The van der Waals surface area contributed by atoms with Gasteiger partial charge in [-0.15, -0.1) is 5.10 Å². The van der Waals surface area contributed by atoms with Crippen molar-refractivity contribution in [3.05, 3.63) is 18.2 Å². The highest BCUT2D eigenvalue weighted by atomic mass is 32.2. The van der Waals surface area contributed by atoms with Crippen molar-refractivity contribution in [2.24, 2.45) is 0 Å². The number of amides is 1. The van der Waals surface area contributed by atoms with Gasteiger partial charge in [-0.2, -0.15) is 4.68 Å². The first-order chi connectivity index (χ1) is 10.6. The van der Waals surface area contributed by atoms with Crippen LogP contribution in [0.3, 0.4) is 0 Å². The Balaban J connectivity index is 2.38. The summed E-state index contributed by atoms with van der Waals surface area (Å²) in [6.07, 6.45) is 0. The molecule has 0 radical (unpaired) electrons.